The molecule has 2 heterocycles. The fourth-order valence-corrected chi connectivity index (χ4v) is 2.33. The van der Waals surface area contributed by atoms with Gasteiger partial charge in [0.2, 0.25) is 0 Å². The van der Waals surface area contributed by atoms with E-state index in [-0.39, 0.29) is 5.56 Å². The summed E-state index contributed by atoms with van der Waals surface area (Å²) in [4.78, 5) is 13.9. The summed E-state index contributed by atoms with van der Waals surface area (Å²) in [5.74, 6) is 0.0125. The Morgan fingerprint density at radius 2 is 2.29 bits per heavy atom. The van der Waals surface area contributed by atoms with Gasteiger partial charge in [0.15, 0.2) is 5.82 Å². The minimum atomic E-state index is -0.517. The number of nitrogens with zero attached hydrogens (tertiary/aromatic N) is 3. The van der Waals surface area contributed by atoms with Crippen molar-refractivity contribution in [1.29, 1.82) is 5.26 Å². The Morgan fingerprint density at radius 3 is 2.88 bits per heavy atom. The van der Waals surface area contributed by atoms with E-state index in [0.29, 0.717) is 37.0 Å². The van der Waals surface area contributed by atoms with Crippen molar-refractivity contribution in [3.05, 3.63) is 10.4 Å². The third kappa shape index (κ3) is 2.23. The zero-order chi connectivity index (χ0) is 12.3. The van der Waals surface area contributed by atoms with Gasteiger partial charge in [-0.2, -0.15) is 9.64 Å². The smallest absolute Gasteiger partial charge is 0.343 e. The second-order valence-electron chi connectivity index (χ2n) is 3.41. The van der Waals surface area contributed by atoms with E-state index >= 15 is 0 Å². The summed E-state index contributed by atoms with van der Waals surface area (Å²) in [5.41, 5.74) is 0.266. The Kier molecular flexibility index (Phi) is 3.56. The minimum absolute atomic E-state index is 0.266. The lowest BCUT2D eigenvalue weighted by Crippen LogP contribution is -2.37. The Balaban J connectivity index is 2.36. The Labute approximate surface area is 103 Å². The molecule has 1 aliphatic heterocycles. The molecule has 1 aromatic heterocycles. The zero-order valence-corrected chi connectivity index (χ0v) is 10.1. The van der Waals surface area contributed by atoms with Crippen molar-refractivity contribution in [2.24, 2.45) is 0 Å². The first-order chi connectivity index (χ1) is 8.27. The molecule has 0 N–H and O–H groups in total. The normalized spacial score (nSPS) is 15.4. The second kappa shape index (κ2) is 5.12. The maximum Gasteiger partial charge on any atom is 0.343 e. The van der Waals surface area contributed by atoms with Crippen LogP contribution in [0.25, 0.3) is 0 Å². The Hall–Kier alpha value is -1.65. The number of carbonyl (C=O) groups excluding carboxylic acids is 1. The predicted molar refractivity (Wildman–Crippen MR) is 61.2 cm³/mol. The van der Waals surface area contributed by atoms with Gasteiger partial charge in [0, 0.05) is 13.1 Å². The quantitative estimate of drug-likeness (QED) is 0.720. The number of hydrogen-bond acceptors (Lipinski definition) is 7. The topological polar surface area (TPSA) is 75.4 Å². The van der Waals surface area contributed by atoms with Crippen LogP contribution in [-0.4, -0.2) is 43.8 Å². The van der Waals surface area contributed by atoms with Crippen LogP contribution in [0, 0.1) is 11.3 Å². The van der Waals surface area contributed by atoms with Crippen LogP contribution in [-0.2, 0) is 9.47 Å². The lowest BCUT2D eigenvalue weighted by molar-refractivity contribution is 0.0600. The third-order valence-electron chi connectivity index (χ3n) is 2.48. The molecule has 2 rings (SSSR count). The second-order valence-corrected chi connectivity index (χ2v) is 4.19. The number of nitriles is 1. The number of esters is 1. The number of ether oxygens (including phenoxy) is 2. The minimum Gasteiger partial charge on any atom is -0.465 e. The molecular formula is C10H11N3O3S. The average molecular weight is 253 g/mol. The molecule has 1 fully saturated rings. The van der Waals surface area contributed by atoms with E-state index in [9.17, 15) is 4.79 Å². The SMILES string of the molecule is COC(=O)c1c(N2CCOCC2)nsc1C#N. The summed E-state index contributed by atoms with van der Waals surface area (Å²) in [6.45, 7) is 2.53. The zero-order valence-electron chi connectivity index (χ0n) is 9.30. The van der Waals surface area contributed by atoms with E-state index in [1.165, 1.54) is 7.11 Å². The lowest BCUT2D eigenvalue weighted by atomic mass is 10.2. The van der Waals surface area contributed by atoms with Gasteiger partial charge in [-0.3, -0.25) is 0 Å². The van der Waals surface area contributed by atoms with Crippen LogP contribution in [0.2, 0.25) is 0 Å². The fraction of sp³-hybridized carbons (Fsp3) is 0.500. The number of anilines is 1. The van der Waals surface area contributed by atoms with Crippen molar-refractivity contribution in [2.75, 3.05) is 38.3 Å². The van der Waals surface area contributed by atoms with Gasteiger partial charge in [0.25, 0.3) is 0 Å². The van der Waals surface area contributed by atoms with Crippen LogP contribution >= 0.6 is 11.5 Å². The lowest BCUT2D eigenvalue weighted by Gasteiger charge is -2.27. The number of aromatic nitrogens is 1. The first-order valence-corrected chi connectivity index (χ1v) is 5.86. The molecule has 0 spiro atoms. The summed E-state index contributed by atoms with van der Waals surface area (Å²) in [5, 5.41) is 8.94. The molecule has 0 unspecified atom stereocenters. The summed E-state index contributed by atoms with van der Waals surface area (Å²) in [6, 6.07) is 1.97. The van der Waals surface area contributed by atoms with Gasteiger partial charge in [-0.05, 0) is 11.5 Å². The van der Waals surface area contributed by atoms with Gasteiger partial charge in [0.05, 0.1) is 20.3 Å². The van der Waals surface area contributed by atoms with Crippen LogP contribution in [0.4, 0.5) is 5.82 Å². The van der Waals surface area contributed by atoms with E-state index in [2.05, 4.69) is 9.11 Å². The van der Waals surface area contributed by atoms with Crippen molar-refractivity contribution in [2.45, 2.75) is 0 Å². The van der Waals surface area contributed by atoms with Gasteiger partial charge in [-0.1, -0.05) is 0 Å². The molecule has 0 atom stereocenters. The molecule has 0 bridgehead atoms. The molecule has 1 saturated heterocycles. The molecule has 17 heavy (non-hydrogen) atoms. The van der Waals surface area contributed by atoms with E-state index in [4.69, 9.17) is 10.00 Å². The molecule has 0 aliphatic carbocycles. The van der Waals surface area contributed by atoms with E-state index in [1.807, 2.05) is 11.0 Å². The van der Waals surface area contributed by atoms with E-state index in [0.717, 1.165) is 11.5 Å². The molecule has 7 heteroatoms. The van der Waals surface area contributed by atoms with Crippen molar-refractivity contribution < 1.29 is 14.3 Å². The fourth-order valence-electron chi connectivity index (χ4n) is 1.64. The molecular weight excluding hydrogens is 242 g/mol. The van der Waals surface area contributed by atoms with Crippen LogP contribution in [0.15, 0.2) is 0 Å². The average Bonchev–Trinajstić information content (AvgIpc) is 2.82. The number of morpholine rings is 1. The molecule has 1 aromatic rings. The first kappa shape index (κ1) is 11.8. The van der Waals surface area contributed by atoms with Gasteiger partial charge in [-0.25, -0.2) is 4.79 Å². The molecule has 90 valence electrons. The highest BCUT2D eigenvalue weighted by molar-refractivity contribution is 7.07. The van der Waals surface area contributed by atoms with Crippen LogP contribution < -0.4 is 4.90 Å². The molecule has 0 radical (unpaired) electrons. The highest BCUT2D eigenvalue weighted by Gasteiger charge is 2.26. The van der Waals surface area contributed by atoms with Gasteiger partial charge < -0.3 is 14.4 Å². The standard InChI is InChI=1S/C10H11N3O3S/c1-15-10(14)8-7(6-11)17-12-9(8)13-2-4-16-5-3-13/h2-5H2,1H3. The van der Waals surface area contributed by atoms with Gasteiger partial charge in [0.1, 0.15) is 16.5 Å². The number of rotatable bonds is 2. The Bertz CT molecular complexity index is 460. The highest BCUT2D eigenvalue weighted by Crippen LogP contribution is 2.27. The van der Waals surface area contributed by atoms with Crippen molar-refractivity contribution >= 4 is 23.3 Å². The first-order valence-electron chi connectivity index (χ1n) is 5.08. The Morgan fingerprint density at radius 1 is 1.59 bits per heavy atom. The summed E-state index contributed by atoms with van der Waals surface area (Å²) >= 11 is 1.02. The largest absolute Gasteiger partial charge is 0.465 e. The van der Waals surface area contributed by atoms with Crippen LogP contribution in [0.1, 0.15) is 15.2 Å². The molecule has 0 saturated carbocycles. The summed E-state index contributed by atoms with van der Waals surface area (Å²) in [6.07, 6.45) is 0. The molecule has 0 aromatic carbocycles. The van der Waals surface area contributed by atoms with Crippen molar-refractivity contribution in [3.63, 3.8) is 0 Å². The van der Waals surface area contributed by atoms with Gasteiger partial charge >= 0.3 is 5.97 Å². The van der Waals surface area contributed by atoms with Crippen LogP contribution in [0.5, 0.6) is 0 Å². The summed E-state index contributed by atoms with van der Waals surface area (Å²) < 4.78 is 14.1. The van der Waals surface area contributed by atoms with E-state index in [1.54, 1.807) is 0 Å². The van der Waals surface area contributed by atoms with Gasteiger partial charge in [-0.15, -0.1) is 0 Å². The third-order valence-corrected chi connectivity index (χ3v) is 3.22. The van der Waals surface area contributed by atoms with E-state index < -0.39 is 5.97 Å². The molecule has 0 amide bonds. The number of hydrogen-bond donors (Lipinski definition) is 0. The number of methoxy groups -OCH3 is 1. The summed E-state index contributed by atoms with van der Waals surface area (Å²) in [7, 11) is 1.30. The maximum absolute atomic E-state index is 11.7. The van der Waals surface area contributed by atoms with Crippen molar-refractivity contribution in [1.82, 2.24) is 4.37 Å². The highest BCUT2D eigenvalue weighted by atomic mass is 32.1. The molecule has 6 nitrogen and oxygen atoms in total. The molecule has 1 aliphatic rings. The monoisotopic (exact) mass is 253 g/mol. The van der Waals surface area contributed by atoms with Crippen LogP contribution in [0.3, 0.4) is 0 Å². The maximum atomic E-state index is 11.7. The number of carbonyl (C=O) groups is 1. The predicted octanol–water partition coefficient (Wildman–Crippen LogP) is 0.638. The van der Waals surface area contributed by atoms with Crippen molar-refractivity contribution in [3.8, 4) is 6.07 Å².